The number of benzene rings is 1. The summed E-state index contributed by atoms with van der Waals surface area (Å²) in [6, 6.07) is 5.39. The zero-order valence-corrected chi connectivity index (χ0v) is 23.2. The van der Waals surface area contributed by atoms with Crippen LogP contribution in [0.2, 0.25) is 10.0 Å². The SMILES string of the molecule is C=CC(=C)CCn1c(COC(N)=O)nc(C(C)C)c1Sc1cc(Cl)cc(Cl)c1.CC.CC=NC. The van der Waals surface area contributed by atoms with E-state index in [-0.39, 0.29) is 12.5 Å². The molecule has 0 atom stereocenters. The maximum Gasteiger partial charge on any atom is 0.404 e. The number of primary amides is 1. The van der Waals surface area contributed by atoms with Gasteiger partial charge in [0.2, 0.25) is 0 Å². The van der Waals surface area contributed by atoms with Crippen molar-refractivity contribution in [3.8, 4) is 0 Å². The fraction of sp³-hybridized carbons (Fsp3) is 0.400. The van der Waals surface area contributed by atoms with Crippen molar-refractivity contribution < 1.29 is 9.53 Å². The normalized spacial score (nSPS) is 10.3. The minimum atomic E-state index is -0.841. The number of carbonyl (C=O) groups is 1. The van der Waals surface area contributed by atoms with Crippen molar-refractivity contribution in [2.24, 2.45) is 10.7 Å². The smallest absolute Gasteiger partial charge is 0.404 e. The molecule has 0 radical (unpaired) electrons. The Morgan fingerprint density at radius 3 is 2.29 bits per heavy atom. The summed E-state index contributed by atoms with van der Waals surface area (Å²) in [6.07, 6.45) is 3.32. The minimum Gasteiger partial charge on any atom is -0.442 e. The van der Waals surface area contributed by atoms with Gasteiger partial charge in [-0.25, -0.2) is 9.78 Å². The first-order valence-electron chi connectivity index (χ1n) is 10.9. The lowest BCUT2D eigenvalue weighted by molar-refractivity contribution is 0.145. The fourth-order valence-electron chi connectivity index (χ4n) is 2.52. The van der Waals surface area contributed by atoms with Crippen LogP contribution < -0.4 is 5.73 Å². The number of halogens is 2. The first-order valence-corrected chi connectivity index (χ1v) is 12.5. The molecule has 1 aromatic carbocycles. The average molecular weight is 528 g/mol. The van der Waals surface area contributed by atoms with Gasteiger partial charge < -0.3 is 20.0 Å². The third-order valence-corrected chi connectivity index (χ3v) is 5.70. The monoisotopic (exact) mass is 526 g/mol. The van der Waals surface area contributed by atoms with E-state index >= 15 is 0 Å². The first-order chi connectivity index (χ1) is 16.1. The summed E-state index contributed by atoms with van der Waals surface area (Å²) in [7, 11) is 1.75. The van der Waals surface area contributed by atoms with Gasteiger partial charge in [-0.05, 0) is 43.7 Å². The largest absolute Gasteiger partial charge is 0.442 e. The lowest BCUT2D eigenvalue weighted by Crippen LogP contribution is -2.15. The van der Waals surface area contributed by atoms with Crippen molar-refractivity contribution in [1.29, 1.82) is 0 Å². The van der Waals surface area contributed by atoms with Crippen LogP contribution in [0.1, 0.15) is 58.5 Å². The fourth-order valence-corrected chi connectivity index (χ4v) is 4.46. The highest BCUT2D eigenvalue weighted by Crippen LogP contribution is 2.37. The molecule has 2 N–H and O–H groups in total. The van der Waals surface area contributed by atoms with Gasteiger partial charge in [-0.3, -0.25) is 0 Å². The predicted octanol–water partition coefficient (Wildman–Crippen LogP) is 7.93. The Bertz CT molecular complexity index is 948. The number of rotatable bonds is 9. The lowest BCUT2D eigenvalue weighted by atomic mass is 10.1. The summed E-state index contributed by atoms with van der Waals surface area (Å²) in [5.41, 5.74) is 6.94. The van der Waals surface area contributed by atoms with Crippen molar-refractivity contribution in [2.75, 3.05) is 7.05 Å². The van der Waals surface area contributed by atoms with Crippen LogP contribution in [0.15, 0.2) is 57.9 Å². The summed E-state index contributed by atoms with van der Waals surface area (Å²) in [5, 5.41) is 2.06. The topological polar surface area (TPSA) is 82.5 Å². The molecule has 1 heterocycles. The van der Waals surface area contributed by atoms with E-state index in [2.05, 4.69) is 32.0 Å². The van der Waals surface area contributed by atoms with Crippen molar-refractivity contribution in [1.82, 2.24) is 9.55 Å². The van der Waals surface area contributed by atoms with Crippen molar-refractivity contribution in [3.63, 3.8) is 0 Å². The van der Waals surface area contributed by atoms with E-state index in [1.54, 1.807) is 25.4 Å². The van der Waals surface area contributed by atoms with Gasteiger partial charge in [0.05, 0.1) is 5.69 Å². The van der Waals surface area contributed by atoms with Crippen LogP contribution >= 0.6 is 35.0 Å². The first kappa shape index (κ1) is 31.8. The molecule has 0 unspecified atom stereocenters. The van der Waals surface area contributed by atoms with Gasteiger partial charge in [0, 0.05) is 28.5 Å². The molecule has 0 bridgehead atoms. The van der Waals surface area contributed by atoms with E-state index in [0.717, 1.165) is 21.2 Å². The number of nitrogens with zero attached hydrogens (tertiary/aromatic N) is 3. The van der Waals surface area contributed by atoms with Gasteiger partial charge in [-0.1, -0.05) is 87.5 Å². The molecule has 0 aliphatic carbocycles. The molecule has 1 amide bonds. The minimum absolute atomic E-state index is 0.00746. The average Bonchev–Trinajstić information content (AvgIpc) is 3.14. The van der Waals surface area contributed by atoms with Gasteiger partial charge in [0.1, 0.15) is 10.9 Å². The molecule has 9 heteroatoms. The third-order valence-electron chi connectivity index (χ3n) is 4.17. The number of hydrogen-bond acceptors (Lipinski definition) is 5. The Morgan fingerprint density at radius 2 is 1.85 bits per heavy atom. The quantitative estimate of drug-likeness (QED) is 0.265. The molecule has 34 heavy (non-hydrogen) atoms. The van der Waals surface area contributed by atoms with Crippen LogP contribution in [0.5, 0.6) is 0 Å². The second kappa shape index (κ2) is 17.2. The summed E-state index contributed by atoms with van der Waals surface area (Å²) in [5.74, 6) is 0.781. The van der Waals surface area contributed by atoms with Crippen molar-refractivity contribution in [2.45, 2.75) is 70.0 Å². The van der Waals surface area contributed by atoms with Gasteiger partial charge in [0.25, 0.3) is 0 Å². The molecule has 188 valence electrons. The number of imidazole rings is 1. The molecular formula is C25H36Cl2N4O2S. The molecule has 0 spiro atoms. The molecule has 0 saturated heterocycles. The van der Waals surface area contributed by atoms with E-state index < -0.39 is 6.09 Å². The van der Waals surface area contributed by atoms with Gasteiger partial charge in [0.15, 0.2) is 6.61 Å². The van der Waals surface area contributed by atoms with E-state index in [4.69, 9.17) is 38.7 Å². The van der Waals surface area contributed by atoms with E-state index in [0.29, 0.717) is 28.8 Å². The molecule has 0 aliphatic heterocycles. The van der Waals surface area contributed by atoms with Gasteiger partial charge in [-0.2, -0.15) is 0 Å². The molecule has 1 aromatic heterocycles. The van der Waals surface area contributed by atoms with E-state index in [9.17, 15) is 4.79 Å². The van der Waals surface area contributed by atoms with Crippen LogP contribution in [0.4, 0.5) is 4.79 Å². The summed E-state index contributed by atoms with van der Waals surface area (Å²) in [6.45, 7) is 18.3. The predicted molar refractivity (Wildman–Crippen MR) is 147 cm³/mol. The van der Waals surface area contributed by atoms with Crippen molar-refractivity contribution in [3.05, 3.63) is 64.6 Å². The maximum absolute atomic E-state index is 11.1. The highest BCUT2D eigenvalue weighted by atomic mass is 35.5. The number of aromatic nitrogens is 2. The van der Waals surface area contributed by atoms with Crippen LogP contribution in [-0.2, 0) is 17.9 Å². The number of amides is 1. The Morgan fingerprint density at radius 1 is 1.29 bits per heavy atom. The Kier molecular flexibility index (Phi) is 16.1. The van der Waals surface area contributed by atoms with Crippen LogP contribution in [0, 0.1) is 0 Å². The van der Waals surface area contributed by atoms with Crippen LogP contribution in [-0.4, -0.2) is 28.9 Å². The number of hydrogen-bond donors (Lipinski definition) is 1. The summed E-state index contributed by atoms with van der Waals surface area (Å²) < 4.78 is 7.02. The Balaban J connectivity index is 0.00000164. The number of nitrogens with two attached hydrogens (primary N) is 1. The standard InChI is InChI=1S/C20H23Cl2N3O2S.C3H7N.C2H6/c1-5-13(4)6-7-25-17(11-27-20(23)26)24-18(12(2)3)19(25)28-16-9-14(21)8-15(22)10-16;1-3-4-2;1-2/h5,8-10,12H,1,4,6-7,11H2,2-3H3,(H2,23,26);3H,1-2H3;1-2H3. The zero-order valence-electron chi connectivity index (χ0n) is 20.9. The molecule has 6 nitrogen and oxygen atoms in total. The van der Waals surface area contributed by atoms with Gasteiger partial charge >= 0.3 is 6.09 Å². The third kappa shape index (κ3) is 11.3. The summed E-state index contributed by atoms with van der Waals surface area (Å²) in [4.78, 5) is 20.3. The highest BCUT2D eigenvalue weighted by Gasteiger charge is 2.21. The van der Waals surface area contributed by atoms with Gasteiger partial charge in [-0.15, -0.1) is 0 Å². The molecule has 2 aromatic rings. The molecule has 0 aliphatic rings. The highest BCUT2D eigenvalue weighted by molar-refractivity contribution is 7.99. The Hall–Kier alpha value is -2.22. The lowest BCUT2D eigenvalue weighted by Gasteiger charge is -2.14. The number of ether oxygens (including phenoxy) is 1. The molecule has 2 rings (SSSR count). The molecule has 0 saturated carbocycles. The second-order valence-corrected chi connectivity index (χ2v) is 8.90. The number of aliphatic imine (C=N–C) groups is 1. The zero-order chi connectivity index (χ0) is 26.3. The van der Waals surface area contributed by atoms with Crippen LogP contribution in [0.3, 0.4) is 0 Å². The number of allylic oxidation sites excluding steroid dienone is 2. The number of carbonyl (C=O) groups excluding carboxylic acids is 1. The van der Waals surface area contributed by atoms with Crippen LogP contribution in [0.25, 0.3) is 0 Å². The molecule has 0 fully saturated rings. The van der Waals surface area contributed by atoms with Crippen molar-refractivity contribution >= 4 is 47.3 Å². The Labute approximate surface area is 218 Å². The van der Waals surface area contributed by atoms with E-state index in [1.807, 2.05) is 37.5 Å². The summed E-state index contributed by atoms with van der Waals surface area (Å²) >= 11 is 13.8. The second-order valence-electron chi connectivity index (χ2n) is 6.97. The molecular weight excluding hydrogens is 491 g/mol. The maximum atomic E-state index is 11.1. The van der Waals surface area contributed by atoms with E-state index in [1.165, 1.54) is 11.8 Å².